The molecule has 0 amide bonds. The summed E-state index contributed by atoms with van der Waals surface area (Å²) in [5.41, 5.74) is 12.8. The zero-order chi connectivity index (χ0) is 14.9. The maximum Gasteiger partial charge on any atom is 0.0737 e. The molecule has 4 nitrogen and oxygen atoms in total. The third-order valence-corrected chi connectivity index (χ3v) is 4.80. The summed E-state index contributed by atoms with van der Waals surface area (Å²) in [4.78, 5) is 2.65. The summed E-state index contributed by atoms with van der Waals surface area (Å²) < 4.78 is 6.04. The molecule has 0 saturated carbocycles. The van der Waals surface area contributed by atoms with E-state index < -0.39 is 0 Å². The highest BCUT2D eigenvalue weighted by Gasteiger charge is 2.29. The fraction of sp³-hybridized carbons (Fsp3) is 0.882. The van der Waals surface area contributed by atoms with Crippen molar-refractivity contribution in [3.05, 3.63) is 11.6 Å². The van der Waals surface area contributed by atoms with Gasteiger partial charge in [0.25, 0.3) is 0 Å². The molecule has 2 unspecified atom stereocenters. The van der Waals surface area contributed by atoms with Crippen LogP contribution in [0.3, 0.4) is 0 Å². The number of hydrogen-bond donors (Lipinski definition) is 2. The molecule has 2 bridgehead atoms. The third-order valence-electron chi connectivity index (χ3n) is 4.80. The van der Waals surface area contributed by atoms with Crippen LogP contribution in [-0.2, 0) is 4.74 Å². The van der Waals surface area contributed by atoms with Crippen molar-refractivity contribution in [1.82, 2.24) is 4.90 Å². The topological polar surface area (TPSA) is 64.5 Å². The first kappa shape index (κ1) is 16.9. The number of morpholine rings is 1. The third kappa shape index (κ3) is 5.70. The summed E-state index contributed by atoms with van der Waals surface area (Å²) in [5, 5.41) is 0. The molecule has 1 saturated heterocycles. The second-order valence-electron chi connectivity index (χ2n) is 6.48. The number of rotatable bonds is 8. The molecule has 3 heterocycles. The van der Waals surface area contributed by atoms with Gasteiger partial charge in [0.1, 0.15) is 0 Å². The van der Waals surface area contributed by atoms with Gasteiger partial charge in [0, 0.05) is 12.6 Å². The molecule has 1 fully saturated rings. The predicted octanol–water partition coefficient (Wildman–Crippen LogP) is 2.03. The van der Waals surface area contributed by atoms with Gasteiger partial charge in [0.15, 0.2) is 0 Å². The van der Waals surface area contributed by atoms with E-state index >= 15 is 0 Å². The zero-order valence-corrected chi connectivity index (χ0v) is 13.4. The average Bonchev–Trinajstić information content (AvgIpc) is 2.64. The lowest BCUT2D eigenvalue weighted by Crippen LogP contribution is -2.49. The quantitative estimate of drug-likeness (QED) is 0.531. The van der Waals surface area contributed by atoms with E-state index in [1.165, 1.54) is 38.6 Å². The molecule has 2 atom stereocenters. The van der Waals surface area contributed by atoms with Crippen molar-refractivity contribution in [2.75, 3.05) is 32.8 Å². The first-order valence-electron chi connectivity index (χ1n) is 8.77. The van der Waals surface area contributed by atoms with Crippen molar-refractivity contribution in [3.63, 3.8) is 0 Å². The molecule has 0 aromatic heterocycles. The fourth-order valence-electron chi connectivity index (χ4n) is 3.43. The molecule has 0 spiro atoms. The number of nitrogens with zero attached hydrogens (tertiary/aromatic N) is 1. The molecule has 3 aliphatic rings. The van der Waals surface area contributed by atoms with Gasteiger partial charge in [-0.3, -0.25) is 4.90 Å². The SMILES string of the molecule is NCCCC/C1=C\CC2CN(CCCCN)C(CC1)CO2. The van der Waals surface area contributed by atoms with Crippen molar-refractivity contribution in [2.24, 2.45) is 11.5 Å². The summed E-state index contributed by atoms with van der Waals surface area (Å²) in [6.45, 7) is 4.82. The van der Waals surface area contributed by atoms with E-state index in [4.69, 9.17) is 16.2 Å². The number of hydrogen-bond acceptors (Lipinski definition) is 4. The summed E-state index contributed by atoms with van der Waals surface area (Å²) in [5.74, 6) is 0. The molecule has 0 aliphatic carbocycles. The molecule has 21 heavy (non-hydrogen) atoms. The lowest BCUT2D eigenvalue weighted by Gasteiger charge is -2.39. The average molecular weight is 295 g/mol. The van der Waals surface area contributed by atoms with Crippen LogP contribution < -0.4 is 11.5 Å². The highest BCUT2D eigenvalue weighted by Crippen LogP contribution is 2.26. The van der Waals surface area contributed by atoms with E-state index in [1.54, 1.807) is 5.57 Å². The smallest absolute Gasteiger partial charge is 0.0737 e. The molecule has 122 valence electrons. The van der Waals surface area contributed by atoms with E-state index in [0.717, 1.165) is 45.5 Å². The van der Waals surface area contributed by atoms with Crippen molar-refractivity contribution >= 4 is 0 Å². The van der Waals surface area contributed by atoms with Crippen molar-refractivity contribution in [1.29, 1.82) is 0 Å². The molecule has 0 aromatic carbocycles. The zero-order valence-electron chi connectivity index (χ0n) is 13.4. The van der Waals surface area contributed by atoms with Gasteiger partial charge < -0.3 is 16.2 Å². The van der Waals surface area contributed by atoms with Gasteiger partial charge in [0.05, 0.1) is 12.7 Å². The summed E-state index contributed by atoms with van der Waals surface area (Å²) in [6.07, 6.45) is 12.4. The van der Waals surface area contributed by atoms with Gasteiger partial charge >= 0.3 is 0 Å². The van der Waals surface area contributed by atoms with Crippen molar-refractivity contribution < 1.29 is 4.74 Å². The minimum absolute atomic E-state index is 0.390. The Morgan fingerprint density at radius 2 is 1.95 bits per heavy atom. The number of ether oxygens (including phenoxy) is 1. The van der Waals surface area contributed by atoms with E-state index in [1.807, 2.05) is 0 Å². The minimum atomic E-state index is 0.390. The van der Waals surface area contributed by atoms with Gasteiger partial charge in [-0.2, -0.15) is 0 Å². The number of nitrogens with two attached hydrogens (primary N) is 2. The van der Waals surface area contributed by atoms with E-state index in [0.29, 0.717) is 12.1 Å². The maximum absolute atomic E-state index is 6.04. The minimum Gasteiger partial charge on any atom is -0.375 e. The van der Waals surface area contributed by atoms with Crippen LogP contribution in [0.5, 0.6) is 0 Å². The van der Waals surface area contributed by atoms with Crippen LogP contribution in [0.4, 0.5) is 0 Å². The van der Waals surface area contributed by atoms with Crippen molar-refractivity contribution in [3.8, 4) is 0 Å². The Morgan fingerprint density at radius 3 is 2.76 bits per heavy atom. The molecular weight excluding hydrogens is 262 g/mol. The monoisotopic (exact) mass is 295 g/mol. The van der Waals surface area contributed by atoms with Gasteiger partial charge in [0.2, 0.25) is 0 Å². The first-order valence-corrected chi connectivity index (χ1v) is 8.77. The van der Waals surface area contributed by atoms with Crippen LogP contribution in [0, 0.1) is 0 Å². The molecule has 4 N–H and O–H groups in total. The molecule has 4 heteroatoms. The molecule has 0 aromatic rings. The lowest BCUT2D eigenvalue weighted by atomic mass is 10.00. The largest absolute Gasteiger partial charge is 0.375 e. The van der Waals surface area contributed by atoms with Gasteiger partial charge in [-0.05, 0) is 71.0 Å². The van der Waals surface area contributed by atoms with E-state index in [-0.39, 0.29) is 0 Å². The van der Waals surface area contributed by atoms with E-state index in [2.05, 4.69) is 11.0 Å². The highest BCUT2D eigenvalue weighted by molar-refractivity contribution is 5.06. The standard InChI is InChI=1S/C17H33N3O/c18-10-2-1-5-15-6-8-16-14-21-17(9-7-15)13-20(16)12-4-3-11-19/h7,16-17H,1-6,8-14,18-19H2/b15-7+. The van der Waals surface area contributed by atoms with Crippen LogP contribution >= 0.6 is 0 Å². The summed E-state index contributed by atoms with van der Waals surface area (Å²) in [7, 11) is 0. The Morgan fingerprint density at radius 1 is 1.14 bits per heavy atom. The second kappa shape index (κ2) is 9.57. The first-order chi connectivity index (χ1) is 10.3. The summed E-state index contributed by atoms with van der Waals surface area (Å²) in [6, 6.07) is 0.607. The van der Waals surface area contributed by atoms with E-state index in [9.17, 15) is 0 Å². The number of allylic oxidation sites excluding steroid dienone is 1. The molecular formula is C17H33N3O. The lowest BCUT2D eigenvalue weighted by molar-refractivity contribution is -0.0626. The highest BCUT2D eigenvalue weighted by atomic mass is 16.5. The Bertz CT molecular complexity index is 319. The fourth-order valence-corrected chi connectivity index (χ4v) is 3.43. The molecule has 3 rings (SSSR count). The Labute approximate surface area is 129 Å². The van der Waals surface area contributed by atoms with Crippen molar-refractivity contribution in [2.45, 2.75) is 63.5 Å². The second-order valence-corrected chi connectivity index (χ2v) is 6.48. The van der Waals surface area contributed by atoms with Crippen LogP contribution in [-0.4, -0.2) is 49.8 Å². The Hall–Kier alpha value is -0.420. The van der Waals surface area contributed by atoms with Crippen LogP contribution in [0.15, 0.2) is 11.6 Å². The summed E-state index contributed by atoms with van der Waals surface area (Å²) >= 11 is 0. The van der Waals surface area contributed by atoms with Crippen LogP contribution in [0.1, 0.15) is 51.4 Å². The predicted molar refractivity (Wildman–Crippen MR) is 88.2 cm³/mol. The van der Waals surface area contributed by atoms with Crippen LogP contribution in [0.2, 0.25) is 0 Å². The van der Waals surface area contributed by atoms with Gasteiger partial charge in [-0.1, -0.05) is 11.6 Å². The van der Waals surface area contributed by atoms with Gasteiger partial charge in [-0.25, -0.2) is 0 Å². The Balaban J connectivity index is 1.85. The Kier molecular flexibility index (Phi) is 7.72. The number of unbranched alkanes of at least 4 members (excludes halogenated alkanes) is 2. The molecule has 3 aliphatic heterocycles. The number of fused-ring (bicyclic) bond motifs is 5. The maximum atomic E-state index is 6.04. The van der Waals surface area contributed by atoms with Gasteiger partial charge in [-0.15, -0.1) is 0 Å². The normalized spacial score (nSPS) is 29.5. The van der Waals surface area contributed by atoms with Crippen LogP contribution in [0.25, 0.3) is 0 Å². The molecule has 0 radical (unpaired) electrons.